The first-order valence-electron chi connectivity index (χ1n) is 8.96. The number of nitrogens with zero attached hydrogens (tertiary/aromatic N) is 1. The number of esters is 1. The minimum absolute atomic E-state index is 0.0893. The molecule has 150 valence electrons. The van der Waals surface area contributed by atoms with E-state index >= 15 is 0 Å². The zero-order chi connectivity index (χ0) is 20.4. The first-order chi connectivity index (χ1) is 14.0. The van der Waals surface area contributed by atoms with Crippen LogP contribution in [0.5, 0.6) is 5.75 Å². The molecule has 0 bridgehead atoms. The Kier molecular flexibility index (Phi) is 5.53. The molecule has 1 aliphatic rings. The highest BCUT2D eigenvalue weighted by Gasteiger charge is 2.21. The molecular formula is C21H17F2NO4S. The zero-order valence-corrected chi connectivity index (χ0v) is 16.2. The van der Waals surface area contributed by atoms with Gasteiger partial charge in [0.15, 0.2) is 5.76 Å². The Morgan fingerprint density at radius 1 is 1.28 bits per heavy atom. The summed E-state index contributed by atoms with van der Waals surface area (Å²) in [7, 11) is 0. The largest absolute Gasteiger partial charge is 0.490 e. The van der Waals surface area contributed by atoms with Gasteiger partial charge in [-0.3, -0.25) is 0 Å². The molecule has 5 nitrogen and oxygen atoms in total. The lowest BCUT2D eigenvalue weighted by Gasteiger charge is -2.07. The van der Waals surface area contributed by atoms with E-state index in [2.05, 4.69) is 5.16 Å². The fraction of sp³-hybridized carbons (Fsp3) is 0.238. The number of ether oxygens (including phenoxy) is 2. The van der Waals surface area contributed by atoms with Gasteiger partial charge in [-0.2, -0.15) is 8.78 Å². The molecule has 1 aliphatic heterocycles. The van der Waals surface area contributed by atoms with Crippen molar-refractivity contribution in [2.45, 2.75) is 36.7 Å². The molecule has 1 aromatic heterocycles. The summed E-state index contributed by atoms with van der Waals surface area (Å²) in [6.07, 6.45) is 1.02. The Morgan fingerprint density at radius 3 is 2.93 bits per heavy atom. The summed E-state index contributed by atoms with van der Waals surface area (Å²) in [6.45, 7) is 1.88. The van der Waals surface area contributed by atoms with Gasteiger partial charge in [-0.15, -0.1) is 0 Å². The van der Waals surface area contributed by atoms with Crippen molar-refractivity contribution < 1.29 is 27.6 Å². The number of thioether (sulfide) groups is 1. The Bertz CT molecular complexity index is 1040. The summed E-state index contributed by atoms with van der Waals surface area (Å²) in [6, 6.07) is 13.6. The lowest BCUT2D eigenvalue weighted by Crippen LogP contribution is -2.07. The highest BCUT2D eigenvalue weighted by Crippen LogP contribution is 2.33. The van der Waals surface area contributed by atoms with Crippen LogP contribution in [-0.2, 0) is 17.8 Å². The third-order valence-electron chi connectivity index (χ3n) is 4.42. The van der Waals surface area contributed by atoms with Crippen molar-refractivity contribution in [2.75, 3.05) is 0 Å². The van der Waals surface area contributed by atoms with Crippen molar-refractivity contribution in [2.24, 2.45) is 0 Å². The normalized spacial score (nSPS) is 15.2. The summed E-state index contributed by atoms with van der Waals surface area (Å²) >= 11 is 0.306. The molecular weight excluding hydrogens is 400 g/mol. The molecule has 8 heteroatoms. The summed E-state index contributed by atoms with van der Waals surface area (Å²) in [4.78, 5) is 12.5. The van der Waals surface area contributed by atoms with Gasteiger partial charge in [-0.1, -0.05) is 41.2 Å². The maximum atomic E-state index is 12.7. The van der Waals surface area contributed by atoms with Gasteiger partial charge >= 0.3 is 5.97 Å². The number of aromatic nitrogens is 1. The van der Waals surface area contributed by atoms with E-state index in [1.54, 1.807) is 18.2 Å². The van der Waals surface area contributed by atoms with Gasteiger partial charge in [0, 0.05) is 22.9 Å². The van der Waals surface area contributed by atoms with Crippen LogP contribution in [0.15, 0.2) is 57.9 Å². The maximum absolute atomic E-state index is 12.7. The molecule has 0 N–H and O–H groups in total. The van der Waals surface area contributed by atoms with Crippen LogP contribution < -0.4 is 4.74 Å². The highest BCUT2D eigenvalue weighted by molar-refractivity contribution is 7.99. The van der Waals surface area contributed by atoms with Crippen molar-refractivity contribution >= 4 is 17.7 Å². The smallest absolute Gasteiger partial charge is 0.339 e. The molecule has 0 saturated carbocycles. The molecule has 4 rings (SSSR count). The van der Waals surface area contributed by atoms with Crippen molar-refractivity contribution in [1.29, 1.82) is 0 Å². The fourth-order valence-corrected chi connectivity index (χ4v) is 3.75. The molecule has 29 heavy (non-hydrogen) atoms. The SMILES string of the molecule is CC1Cc2ccc(-c3cc(COC(=O)c4ccccc4SC(F)F)no3)cc2O1. The van der Waals surface area contributed by atoms with Crippen LogP contribution in [0, 0.1) is 0 Å². The number of hydrogen-bond acceptors (Lipinski definition) is 6. The fourth-order valence-electron chi connectivity index (χ4n) is 3.12. The van der Waals surface area contributed by atoms with Crippen LogP contribution in [-0.4, -0.2) is 23.0 Å². The minimum Gasteiger partial charge on any atom is -0.490 e. The monoisotopic (exact) mass is 417 g/mol. The van der Waals surface area contributed by atoms with Crippen LogP contribution in [0.25, 0.3) is 11.3 Å². The maximum Gasteiger partial charge on any atom is 0.339 e. The zero-order valence-electron chi connectivity index (χ0n) is 15.4. The number of rotatable bonds is 6. The summed E-state index contributed by atoms with van der Waals surface area (Å²) in [5.41, 5.74) is 2.46. The summed E-state index contributed by atoms with van der Waals surface area (Å²) < 4.78 is 41.7. The van der Waals surface area contributed by atoms with Crippen molar-refractivity contribution in [1.82, 2.24) is 5.16 Å². The number of hydrogen-bond donors (Lipinski definition) is 0. The van der Waals surface area contributed by atoms with Crippen LogP contribution in [0.2, 0.25) is 0 Å². The standard InChI is InChI=1S/C21H17F2NO4S/c1-12-8-13-6-7-14(9-17(13)27-12)18-10-15(24-28-18)11-26-20(25)16-4-2-3-5-19(16)29-21(22)23/h2-7,9-10,12,21H,8,11H2,1H3. The van der Waals surface area contributed by atoms with E-state index in [9.17, 15) is 13.6 Å². The van der Waals surface area contributed by atoms with Crippen LogP contribution in [0.1, 0.15) is 28.5 Å². The van der Waals surface area contributed by atoms with Crippen LogP contribution in [0.3, 0.4) is 0 Å². The van der Waals surface area contributed by atoms with E-state index in [4.69, 9.17) is 14.0 Å². The average Bonchev–Trinajstić information content (AvgIpc) is 3.31. The third kappa shape index (κ3) is 4.42. The Labute approximate surface area is 170 Å². The lowest BCUT2D eigenvalue weighted by molar-refractivity contribution is 0.0460. The number of alkyl halides is 2. The van der Waals surface area contributed by atoms with Gasteiger partial charge < -0.3 is 14.0 Å². The quantitative estimate of drug-likeness (QED) is 0.399. The lowest BCUT2D eigenvalue weighted by atomic mass is 10.1. The van der Waals surface area contributed by atoms with E-state index in [0.29, 0.717) is 23.2 Å². The predicted octanol–water partition coefficient (Wildman–Crippen LogP) is 5.34. The van der Waals surface area contributed by atoms with E-state index in [-0.39, 0.29) is 23.2 Å². The molecule has 1 atom stereocenters. The van der Waals surface area contributed by atoms with Gasteiger partial charge in [0.25, 0.3) is 5.76 Å². The number of carbonyl (C=O) groups excluding carboxylic acids is 1. The number of halogens is 2. The predicted molar refractivity (Wildman–Crippen MR) is 103 cm³/mol. The van der Waals surface area contributed by atoms with Gasteiger partial charge in [-0.25, -0.2) is 4.79 Å². The molecule has 2 aromatic carbocycles. The Morgan fingerprint density at radius 2 is 2.10 bits per heavy atom. The van der Waals surface area contributed by atoms with Crippen molar-refractivity contribution in [3.63, 3.8) is 0 Å². The second kappa shape index (κ2) is 8.24. The number of benzene rings is 2. The molecule has 3 aromatic rings. The highest BCUT2D eigenvalue weighted by atomic mass is 32.2. The van der Waals surface area contributed by atoms with Crippen LogP contribution in [0.4, 0.5) is 8.78 Å². The van der Waals surface area contributed by atoms with E-state index < -0.39 is 11.7 Å². The van der Waals surface area contributed by atoms with Gasteiger partial charge in [0.05, 0.1) is 5.56 Å². The van der Waals surface area contributed by atoms with Gasteiger partial charge in [0.1, 0.15) is 24.2 Å². The van der Waals surface area contributed by atoms with E-state index in [1.165, 1.54) is 12.1 Å². The van der Waals surface area contributed by atoms with Crippen molar-refractivity contribution in [3.05, 3.63) is 65.4 Å². The topological polar surface area (TPSA) is 61.6 Å². The summed E-state index contributed by atoms with van der Waals surface area (Å²) in [5, 5.41) is 3.92. The number of carbonyl (C=O) groups is 1. The molecule has 0 fully saturated rings. The van der Waals surface area contributed by atoms with E-state index in [0.717, 1.165) is 23.3 Å². The van der Waals surface area contributed by atoms with Crippen molar-refractivity contribution in [3.8, 4) is 17.1 Å². The first-order valence-corrected chi connectivity index (χ1v) is 9.84. The number of fused-ring (bicyclic) bond motifs is 1. The molecule has 0 saturated heterocycles. The molecule has 0 radical (unpaired) electrons. The summed E-state index contributed by atoms with van der Waals surface area (Å²) in [5.74, 6) is -1.97. The molecule has 0 spiro atoms. The second-order valence-electron chi connectivity index (χ2n) is 6.59. The average molecular weight is 417 g/mol. The molecule has 1 unspecified atom stereocenters. The molecule has 0 amide bonds. The van der Waals surface area contributed by atoms with E-state index in [1.807, 2.05) is 25.1 Å². The van der Waals surface area contributed by atoms with Gasteiger partial charge in [0.2, 0.25) is 0 Å². The van der Waals surface area contributed by atoms with Crippen LogP contribution >= 0.6 is 11.8 Å². The molecule has 0 aliphatic carbocycles. The third-order valence-corrected chi connectivity index (χ3v) is 5.21. The minimum atomic E-state index is -2.62. The Balaban J connectivity index is 1.43. The first kappa shape index (κ1) is 19.4. The molecule has 2 heterocycles. The Hall–Kier alpha value is -2.87. The second-order valence-corrected chi connectivity index (χ2v) is 7.62. The van der Waals surface area contributed by atoms with Gasteiger partial charge in [-0.05, 0) is 30.7 Å².